The summed E-state index contributed by atoms with van der Waals surface area (Å²) in [6.07, 6.45) is 2.52. The van der Waals surface area contributed by atoms with Crippen molar-refractivity contribution in [2.75, 3.05) is 0 Å². The molecule has 0 heterocycles. The van der Waals surface area contributed by atoms with Gasteiger partial charge in [-0.05, 0) is 37.2 Å². The lowest BCUT2D eigenvalue weighted by atomic mass is 9.94. The molecule has 0 radical (unpaired) electrons. The van der Waals surface area contributed by atoms with Gasteiger partial charge in [0.05, 0.1) is 0 Å². The van der Waals surface area contributed by atoms with Crippen molar-refractivity contribution in [3.63, 3.8) is 0 Å². The maximum Gasteiger partial charge on any atom is 0.0294 e. The first-order valence-corrected chi connectivity index (χ1v) is 7.30. The van der Waals surface area contributed by atoms with E-state index in [2.05, 4.69) is 70.3 Å². The summed E-state index contributed by atoms with van der Waals surface area (Å²) in [5.41, 5.74) is 1.38. The van der Waals surface area contributed by atoms with Gasteiger partial charge in [0.2, 0.25) is 0 Å². The van der Waals surface area contributed by atoms with Crippen molar-refractivity contribution in [3.05, 3.63) is 35.9 Å². The second-order valence-electron chi connectivity index (χ2n) is 6.26. The molecule has 1 nitrogen and oxygen atoms in total. The molecular weight excluding hydrogens is 218 g/mol. The van der Waals surface area contributed by atoms with Gasteiger partial charge in [0.1, 0.15) is 0 Å². The Kier molecular flexibility index (Phi) is 6.42. The Hall–Kier alpha value is -0.820. The molecule has 1 aromatic rings. The third kappa shape index (κ3) is 5.68. The summed E-state index contributed by atoms with van der Waals surface area (Å²) < 4.78 is 0. The van der Waals surface area contributed by atoms with Crippen molar-refractivity contribution >= 4 is 0 Å². The number of benzene rings is 1. The number of hydrogen-bond acceptors (Lipinski definition) is 1. The fraction of sp³-hybridized carbons (Fsp3) is 0.647. The van der Waals surface area contributed by atoms with Crippen LogP contribution in [0.15, 0.2) is 30.3 Å². The molecule has 1 aromatic carbocycles. The smallest absolute Gasteiger partial charge is 0.0294 e. The van der Waals surface area contributed by atoms with E-state index in [1.165, 1.54) is 18.4 Å². The van der Waals surface area contributed by atoms with Crippen LogP contribution in [0.25, 0.3) is 0 Å². The quantitative estimate of drug-likeness (QED) is 0.730. The van der Waals surface area contributed by atoms with Gasteiger partial charge in [0, 0.05) is 12.1 Å². The van der Waals surface area contributed by atoms with E-state index >= 15 is 0 Å². The minimum absolute atomic E-state index is 0.439. The highest BCUT2D eigenvalue weighted by Crippen LogP contribution is 2.18. The molecule has 0 bridgehead atoms. The third-order valence-corrected chi connectivity index (χ3v) is 3.30. The summed E-state index contributed by atoms with van der Waals surface area (Å²) >= 11 is 0. The first-order valence-electron chi connectivity index (χ1n) is 7.30. The molecule has 0 aliphatic carbocycles. The Balaban J connectivity index is 2.59. The molecule has 1 rings (SSSR count). The monoisotopic (exact) mass is 247 g/mol. The van der Waals surface area contributed by atoms with Crippen LogP contribution in [0.2, 0.25) is 0 Å². The SMILES string of the molecule is CC(C)CC(CC(C)C)N[C@H](C)c1ccccc1. The van der Waals surface area contributed by atoms with E-state index in [9.17, 15) is 0 Å². The van der Waals surface area contributed by atoms with Gasteiger partial charge in [-0.15, -0.1) is 0 Å². The van der Waals surface area contributed by atoms with Crippen LogP contribution in [-0.4, -0.2) is 6.04 Å². The van der Waals surface area contributed by atoms with Crippen LogP contribution in [0.5, 0.6) is 0 Å². The average Bonchev–Trinajstić information content (AvgIpc) is 2.28. The summed E-state index contributed by atoms with van der Waals surface area (Å²) in [5.74, 6) is 1.51. The highest BCUT2D eigenvalue weighted by Gasteiger charge is 2.15. The molecule has 0 amide bonds. The number of rotatable bonds is 7. The van der Waals surface area contributed by atoms with Crippen molar-refractivity contribution < 1.29 is 0 Å². The van der Waals surface area contributed by atoms with E-state index in [4.69, 9.17) is 0 Å². The molecule has 0 unspecified atom stereocenters. The van der Waals surface area contributed by atoms with Gasteiger partial charge < -0.3 is 5.32 Å². The Morgan fingerprint density at radius 1 is 0.833 bits per heavy atom. The highest BCUT2D eigenvalue weighted by atomic mass is 14.9. The zero-order chi connectivity index (χ0) is 13.5. The highest BCUT2D eigenvalue weighted by molar-refractivity contribution is 5.18. The minimum atomic E-state index is 0.439. The van der Waals surface area contributed by atoms with Crippen molar-refractivity contribution in [2.24, 2.45) is 11.8 Å². The standard InChI is InChI=1S/C17H29N/c1-13(2)11-17(12-14(3)4)18-15(5)16-9-7-6-8-10-16/h6-10,13-15,17-18H,11-12H2,1-5H3/t15-/m1/s1. The van der Waals surface area contributed by atoms with E-state index < -0.39 is 0 Å². The zero-order valence-corrected chi connectivity index (χ0v) is 12.6. The lowest BCUT2D eigenvalue weighted by molar-refractivity contribution is 0.335. The van der Waals surface area contributed by atoms with Gasteiger partial charge >= 0.3 is 0 Å². The molecule has 0 aromatic heterocycles. The van der Waals surface area contributed by atoms with E-state index in [0.29, 0.717) is 12.1 Å². The average molecular weight is 247 g/mol. The fourth-order valence-electron chi connectivity index (χ4n) is 2.56. The molecule has 102 valence electrons. The number of hydrogen-bond donors (Lipinski definition) is 1. The van der Waals surface area contributed by atoms with Gasteiger partial charge in [-0.1, -0.05) is 58.0 Å². The van der Waals surface area contributed by atoms with E-state index in [1.54, 1.807) is 0 Å². The second kappa shape index (κ2) is 7.58. The van der Waals surface area contributed by atoms with E-state index in [-0.39, 0.29) is 0 Å². The van der Waals surface area contributed by atoms with Gasteiger partial charge in [0.25, 0.3) is 0 Å². The van der Waals surface area contributed by atoms with E-state index in [0.717, 1.165) is 11.8 Å². The van der Waals surface area contributed by atoms with Crippen molar-refractivity contribution in [2.45, 2.75) is 59.5 Å². The summed E-state index contributed by atoms with van der Waals surface area (Å²) in [4.78, 5) is 0. The van der Waals surface area contributed by atoms with Crippen LogP contribution in [0.4, 0.5) is 0 Å². The molecule has 0 aliphatic rings. The molecule has 1 N–H and O–H groups in total. The summed E-state index contributed by atoms with van der Waals surface area (Å²) in [6.45, 7) is 11.5. The Morgan fingerprint density at radius 3 is 1.78 bits per heavy atom. The van der Waals surface area contributed by atoms with Crippen molar-refractivity contribution in [1.82, 2.24) is 5.32 Å². The minimum Gasteiger partial charge on any atom is -0.307 e. The third-order valence-electron chi connectivity index (χ3n) is 3.30. The predicted octanol–water partition coefficient (Wildman–Crippen LogP) is 4.80. The van der Waals surface area contributed by atoms with Gasteiger partial charge in [-0.2, -0.15) is 0 Å². The Morgan fingerprint density at radius 2 is 1.33 bits per heavy atom. The molecule has 1 atom stereocenters. The van der Waals surface area contributed by atoms with Crippen LogP contribution < -0.4 is 5.32 Å². The fourth-order valence-corrected chi connectivity index (χ4v) is 2.56. The normalized spacial score (nSPS) is 13.6. The predicted molar refractivity (Wildman–Crippen MR) is 80.7 cm³/mol. The molecule has 18 heavy (non-hydrogen) atoms. The molecule has 0 fully saturated rings. The van der Waals surface area contributed by atoms with Crippen LogP contribution in [0.3, 0.4) is 0 Å². The molecule has 0 saturated carbocycles. The Labute approximate surface area is 113 Å². The van der Waals surface area contributed by atoms with Crippen LogP contribution in [0.1, 0.15) is 59.1 Å². The molecular formula is C17H29N. The first kappa shape index (κ1) is 15.2. The largest absolute Gasteiger partial charge is 0.307 e. The Bertz CT molecular complexity index is 306. The van der Waals surface area contributed by atoms with Crippen LogP contribution >= 0.6 is 0 Å². The lowest BCUT2D eigenvalue weighted by Gasteiger charge is -2.26. The summed E-state index contributed by atoms with van der Waals surface area (Å²) in [6, 6.07) is 11.8. The lowest BCUT2D eigenvalue weighted by Crippen LogP contribution is -2.33. The maximum atomic E-state index is 3.80. The number of nitrogens with one attached hydrogen (secondary N) is 1. The summed E-state index contributed by atoms with van der Waals surface area (Å²) in [7, 11) is 0. The van der Waals surface area contributed by atoms with Crippen LogP contribution in [-0.2, 0) is 0 Å². The molecule has 1 heteroatoms. The summed E-state index contributed by atoms with van der Waals surface area (Å²) in [5, 5.41) is 3.80. The maximum absolute atomic E-state index is 3.80. The molecule has 0 saturated heterocycles. The van der Waals surface area contributed by atoms with E-state index in [1.807, 2.05) is 0 Å². The zero-order valence-electron chi connectivity index (χ0n) is 12.6. The second-order valence-corrected chi connectivity index (χ2v) is 6.26. The van der Waals surface area contributed by atoms with Crippen LogP contribution in [0, 0.1) is 11.8 Å². The molecule has 0 aliphatic heterocycles. The van der Waals surface area contributed by atoms with Crippen molar-refractivity contribution in [3.8, 4) is 0 Å². The first-order chi connectivity index (χ1) is 8.49. The molecule has 0 spiro atoms. The van der Waals surface area contributed by atoms with Crippen molar-refractivity contribution in [1.29, 1.82) is 0 Å². The van der Waals surface area contributed by atoms with Gasteiger partial charge in [-0.25, -0.2) is 0 Å². The van der Waals surface area contributed by atoms with Gasteiger partial charge in [-0.3, -0.25) is 0 Å². The topological polar surface area (TPSA) is 12.0 Å². The van der Waals surface area contributed by atoms with Gasteiger partial charge in [0.15, 0.2) is 0 Å².